The van der Waals surface area contributed by atoms with Crippen molar-refractivity contribution in [2.75, 3.05) is 7.05 Å². The third kappa shape index (κ3) is 2.22. The summed E-state index contributed by atoms with van der Waals surface area (Å²) in [4.78, 5) is 0. The highest BCUT2D eigenvalue weighted by atomic mass is 35.5. The van der Waals surface area contributed by atoms with Crippen molar-refractivity contribution >= 4 is 33.0 Å². The summed E-state index contributed by atoms with van der Waals surface area (Å²) < 4.78 is 15.3. The second-order valence-corrected chi connectivity index (χ2v) is 5.86. The lowest BCUT2D eigenvalue weighted by atomic mass is 9.98. The van der Waals surface area contributed by atoms with Gasteiger partial charge in [-0.2, -0.15) is 0 Å². The lowest BCUT2D eigenvalue weighted by molar-refractivity contribution is 0.578. The molecule has 0 saturated carbocycles. The summed E-state index contributed by atoms with van der Waals surface area (Å²) in [5, 5.41) is 6.82. The molecular weight excluding hydrogens is 293 g/mol. The van der Waals surface area contributed by atoms with Crippen LogP contribution in [0.25, 0.3) is 10.1 Å². The van der Waals surface area contributed by atoms with Gasteiger partial charge >= 0.3 is 0 Å². The summed E-state index contributed by atoms with van der Waals surface area (Å²) in [5.74, 6) is -0.285. The first-order valence-corrected chi connectivity index (χ1v) is 7.55. The second kappa shape index (κ2) is 5.52. The lowest BCUT2D eigenvalue weighted by Crippen LogP contribution is -2.19. The molecule has 1 heterocycles. The molecular formula is C16H13ClFNS. The highest BCUT2D eigenvalue weighted by Gasteiger charge is 2.21. The molecule has 1 unspecified atom stereocenters. The van der Waals surface area contributed by atoms with E-state index in [1.807, 2.05) is 19.2 Å². The van der Waals surface area contributed by atoms with Crippen molar-refractivity contribution in [2.24, 2.45) is 0 Å². The number of hydrogen-bond donors (Lipinski definition) is 1. The third-order valence-electron chi connectivity index (χ3n) is 3.40. The second-order valence-electron chi connectivity index (χ2n) is 4.54. The Labute approximate surface area is 126 Å². The summed E-state index contributed by atoms with van der Waals surface area (Å²) in [6, 6.07) is 12.7. The van der Waals surface area contributed by atoms with Crippen LogP contribution >= 0.6 is 22.9 Å². The molecule has 102 valence electrons. The average molecular weight is 306 g/mol. The standard InChI is InChI=1S/C16H13ClFNS/c1-19-16(15-12(17)6-4-7-13(15)18)11-9-20-14-8-3-2-5-10(11)14/h2-9,16,19H,1H3. The van der Waals surface area contributed by atoms with E-state index >= 15 is 0 Å². The first-order chi connectivity index (χ1) is 9.72. The van der Waals surface area contributed by atoms with Crippen molar-refractivity contribution in [2.45, 2.75) is 6.04 Å². The van der Waals surface area contributed by atoms with Gasteiger partial charge in [-0.25, -0.2) is 4.39 Å². The van der Waals surface area contributed by atoms with Gasteiger partial charge in [-0.1, -0.05) is 35.9 Å². The van der Waals surface area contributed by atoms with E-state index in [1.54, 1.807) is 23.5 Å². The van der Waals surface area contributed by atoms with Crippen LogP contribution in [0.15, 0.2) is 47.8 Å². The van der Waals surface area contributed by atoms with Crippen LogP contribution in [-0.4, -0.2) is 7.05 Å². The first-order valence-electron chi connectivity index (χ1n) is 6.29. The van der Waals surface area contributed by atoms with Crippen molar-refractivity contribution in [1.29, 1.82) is 0 Å². The molecule has 20 heavy (non-hydrogen) atoms. The Morgan fingerprint density at radius 1 is 1.15 bits per heavy atom. The summed E-state index contributed by atoms with van der Waals surface area (Å²) in [6.45, 7) is 0. The molecule has 0 aliphatic carbocycles. The van der Waals surface area contributed by atoms with E-state index in [1.165, 1.54) is 10.8 Å². The molecule has 0 bridgehead atoms. The van der Waals surface area contributed by atoms with E-state index in [9.17, 15) is 4.39 Å². The molecule has 1 N–H and O–H groups in total. The Bertz CT molecular complexity index is 733. The summed E-state index contributed by atoms with van der Waals surface area (Å²) in [6.07, 6.45) is 0. The van der Waals surface area contributed by atoms with E-state index in [2.05, 4.69) is 22.8 Å². The number of benzene rings is 2. The minimum atomic E-state index is -0.285. The molecule has 0 spiro atoms. The molecule has 3 aromatic rings. The van der Waals surface area contributed by atoms with Gasteiger partial charge in [0, 0.05) is 15.3 Å². The monoisotopic (exact) mass is 305 g/mol. The van der Waals surface area contributed by atoms with Gasteiger partial charge in [-0.05, 0) is 41.6 Å². The Morgan fingerprint density at radius 2 is 1.95 bits per heavy atom. The maximum absolute atomic E-state index is 14.2. The number of thiophene rings is 1. The van der Waals surface area contributed by atoms with Crippen molar-refractivity contribution in [3.8, 4) is 0 Å². The predicted octanol–water partition coefficient (Wildman–Crippen LogP) is 5.00. The zero-order valence-electron chi connectivity index (χ0n) is 10.9. The molecule has 0 saturated heterocycles. The molecule has 0 amide bonds. The Morgan fingerprint density at radius 3 is 2.70 bits per heavy atom. The van der Waals surface area contributed by atoms with Crippen LogP contribution in [0.1, 0.15) is 17.2 Å². The van der Waals surface area contributed by atoms with Crippen LogP contribution in [0.4, 0.5) is 4.39 Å². The zero-order valence-corrected chi connectivity index (χ0v) is 12.4. The maximum atomic E-state index is 14.2. The summed E-state index contributed by atoms with van der Waals surface area (Å²) in [5.41, 5.74) is 1.56. The van der Waals surface area contributed by atoms with E-state index in [0.29, 0.717) is 10.6 Å². The Balaban J connectivity index is 2.20. The predicted molar refractivity (Wildman–Crippen MR) is 84.1 cm³/mol. The van der Waals surface area contributed by atoms with E-state index < -0.39 is 0 Å². The highest BCUT2D eigenvalue weighted by molar-refractivity contribution is 7.17. The molecule has 3 rings (SSSR count). The normalized spacial score (nSPS) is 12.8. The molecule has 0 fully saturated rings. The summed E-state index contributed by atoms with van der Waals surface area (Å²) in [7, 11) is 1.82. The largest absolute Gasteiger partial charge is 0.309 e. The minimum Gasteiger partial charge on any atom is -0.309 e. The molecule has 1 nitrogen and oxygen atoms in total. The number of rotatable bonds is 3. The first kappa shape index (κ1) is 13.6. The van der Waals surface area contributed by atoms with Gasteiger partial charge < -0.3 is 5.32 Å². The van der Waals surface area contributed by atoms with Crippen LogP contribution in [0.5, 0.6) is 0 Å². The van der Waals surface area contributed by atoms with Gasteiger partial charge in [0.25, 0.3) is 0 Å². The van der Waals surface area contributed by atoms with Crippen LogP contribution < -0.4 is 5.32 Å². The molecule has 1 aromatic heterocycles. The number of halogens is 2. The fourth-order valence-electron chi connectivity index (χ4n) is 2.46. The zero-order chi connectivity index (χ0) is 14.1. The third-order valence-corrected chi connectivity index (χ3v) is 4.71. The quantitative estimate of drug-likeness (QED) is 0.718. The van der Waals surface area contributed by atoms with Crippen molar-refractivity contribution < 1.29 is 4.39 Å². The fourth-order valence-corrected chi connectivity index (χ4v) is 3.72. The van der Waals surface area contributed by atoms with Crippen molar-refractivity contribution in [3.63, 3.8) is 0 Å². The average Bonchev–Trinajstić information content (AvgIpc) is 2.87. The lowest BCUT2D eigenvalue weighted by Gasteiger charge is -2.18. The molecule has 0 aliphatic rings. The highest BCUT2D eigenvalue weighted by Crippen LogP contribution is 2.36. The molecule has 1 atom stereocenters. The molecule has 0 radical (unpaired) electrons. The van der Waals surface area contributed by atoms with Crippen LogP contribution in [0.2, 0.25) is 5.02 Å². The van der Waals surface area contributed by atoms with Crippen molar-refractivity contribution in [3.05, 3.63) is 69.8 Å². The number of fused-ring (bicyclic) bond motifs is 1. The smallest absolute Gasteiger partial charge is 0.129 e. The number of hydrogen-bond acceptors (Lipinski definition) is 2. The Hall–Kier alpha value is -1.42. The van der Waals surface area contributed by atoms with Gasteiger partial charge in [0.15, 0.2) is 0 Å². The topological polar surface area (TPSA) is 12.0 Å². The van der Waals surface area contributed by atoms with E-state index in [4.69, 9.17) is 11.6 Å². The Kier molecular flexibility index (Phi) is 3.74. The summed E-state index contributed by atoms with van der Waals surface area (Å²) >= 11 is 7.85. The van der Waals surface area contributed by atoms with Gasteiger partial charge in [-0.3, -0.25) is 0 Å². The SMILES string of the molecule is CNC(c1c(F)cccc1Cl)c1csc2ccccc12. The van der Waals surface area contributed by atoms with Gasteiger partial charge in [0.1, 0.15) is 5.82 Å². The van der Waals surface area contributed by atoms with Crippen LogP contribution in [-0.2, 0) is 0 Å². The minimum absolute atomic E-state index is 0.250. The van der Waals surface area contributed by atoms with Crippen LogP contribution in [0, 0.1) is 5.82 Å². The molecule has 2 aromatic carbocycles. The molecule has 0 aliphatic heterocycles. The van der Waals surface area contributed by atoms with Gasteiger partial charge in [0.2, 0.25) is 0 Å². The van der Waals surface area contributed by atoms with Gasteiger partial charge in [0.05, 0.1) is 6.04 Å². The van der Waals surface area contributed by atoms with Gasteiger partial charge in [-0.15, -0.1) is 11.3 Å². The van der Waals surface area contributed by atoms with Crippen molar-refractivity contribution in [1.82, 2.24) is 5.32 Å². The maximum Gasteiger partial charge on any atom is 0.129 e. The van der Waals surface area contributed by atoms with E-state index in [-0.39, 0.29) is 11.9 Å². The fraction of sp³-hybridized carbons (Fsp3) is 0.125. The van der Waals surface area contributed by atoms with E-state index in [0.717, 1.165) is 10.9 Å². The molecule has 4 heteroatoms. The van der Waals surface area contributed by atoms with Crippen LogP contribution in [0.3, 0.4) is 0 Å². The number of nitrogens with one attached hydrogen (secondary N) is 1.